The van der Waals surface area contributed by atoms with Gasteiger partial charge in [-0.05, 0) is 55.7 Å². The Bertz CT molecular complexity index is 1020. The Morgan fingerprint density at radius 1 is 0.972 bits per heavy atom. The van der Waals surface area contributed by atoms with Gasteiger partial charge in [0.1, 0.15) is 11.9 Å². The van der Waals surface area contributed by atoms with Crippen LogP contribution in [0.5, 0.6) is 0 Å². The highest BCUT2D eigenvalue weighted by atomic mass is 16.5. The van der Waals surface area contributed by atoms with Crippen molar-refractivity contribution in [2.45, 2.75) is 91.2 Å². The largest absolute Gasteiger partial charge is 0.462 e. The molecule has 0 aromatic heterocycles. The van der Waals surface area contributed by atoms with Gasteiger partial charge in [-0.25, -0.2) is 4.99 Å². The predicted octanol–water partition coefficient (Wildman–Crippen LogP) is 8.37. The number of esters is 1. The third-order valence-corrected chi connectivity index (χ3v) is 6.90. The van der Waals surface area contributed by atoms with Crippen LogP contribution in [0.4, 0.5) is 0 Å². The molecular formula is C32H42N2O2. The first-order valence-corrected chi connectivity index (χ1v) is 13.5. The van der Waals surface area contributed by atoms with E-state index in [1.807, 2.05) is 12.1 Å². The van der Waals surface area contributed by atoms with Gasteiger partial charge in [0.05, 0.1) is 6.04 Å². The number of benzene rings is 2. The van der Waals surface area contributed by atoms with Gasteiger partial charge in [-0.2, -0.15) is 0 Å². The Morgan fingerprint density at radius 2 is 1.58 bits per heavy atom. The van der Waals surface area contributed by atoms with Crippen LogP contribution in [0.3, 0.4) is 0 Å². The summed E-state index contributed by atoms with van der Waals surface area (Å²) in [5.41, 5.74) is 5.57. The van der Waals surface area contributed by atoms with E-state index in [-0.39, 0.29) is 18.1 Å². The normalized spacial score (nSPS) is 14.8. The lowest BCUT2D eigenvalue weighted by Crippen LogP contribution is -2.36. The molecule has 0 fully saturated rings. The molecule has 1 aliphatic rings. The smallest absolute Gasteiger partial charge is 0.306 e. The molecule has 0 saturated heterocycles. The third-order valence-electron chi connectivity index (χ3n) is 6.90. The molecule has 0 aliphatic carbocycles. The van der Waals surface area contributed by atoms with Crippen LogP contribution in [-0.4, -0.2) is 22.8 Å². The number of rotatable bonds is 13. The van der Waals surface area contributed by atoms with Crippen molar-refractivity contribution >= 4 is 11.8 Å². The number of carbonyl (C=O) groups excluding carboxylic acids is 1. The lowest BCUT2D eigenvalue weighted by molar-refractivity contribution is -0.149. The third kappa shape index (κ3) is 6.96. The second-order valence-electron chi connectivity index (χ2n) is 9.49. The van der Waals surface area contributed by atoms with Crippen LogP contribution >= 0.6 is 0 Å². The number of allylic oxidation sites excluding steroid dienone is 2. The van der Waals surface area contributed by atoms with Gasteiger partial charge in [-0.1, -0.05) is 101 Å². The van der Waals surface area contributed by atoms with Crippen molar-refractivity contribution in [3.8, 4) is 0 Å². The maximum Gasteiger partial charge on any atom is 0.306 e. The molecule has 0 spiro atoms. The van der Waals surface area contributed by atoms with Gasteiger partial charge in [0.2, 0.25) is 0 Å². The second kappa shape index (κ2) is 13.8. The van der Waals surface area contributed by atoms with Crippen LogP contribution in [0.1, 0.15) is 96.2 Å². The van der Waals surface area contributed by atoms with E-state index in [0.29, 0.717) is 6.42 Å². The maximum atomic E-state index is 12.5. The summed E-state index contributed by atoms with van der Waals surface area (Å²) >= 11 is 0. The van der Waals surface area contributed by atoms with Crippen molar-refractivity contribution in [1.29, 1.82) is 0 Å². The number of amidine groups is 1. The van der Waals surface area contributed by atoms with Crippen molar-refractivity contribution in [2.75, 3.05) is 0 Å². The predicted molar refractivity (Wildman–Crippen MR) is 150 cm³/mol. The highest BCUT2D eigenvalue weighted by Gasteiger charge is 2.31. The van der Waals surface area contributed by atoms with Crippen molar-refractivity contribution in [2.24, 2.45) is 4.99 Å². The van der Waals surface area contributed by atoms with E-state index in [9.17, 15) is 4.79 Å². The van der Waals surface area contributed by atoms with E-state index in [1.54, 1.807) is 0 Å². The average Bonchev–Trinajstić information content (AvgIpc) is 2.90. The molecule has 0 saturated carbocycles. The molecule has 2 aromatic rings. The van der Waals surface area contributed by atoms with Gasteiger partial charge in [-0.3, -0.25) is 4.79 Å². The molecule has 1 unspecified atom stereocenters. The number of aliphatic imine (C=N–C) groups is 1. The lowest BCUT2D eigenvalue weighted by Gasteiger charge is -2.39. The molecule has 1 atom stereocenters. The van der Waals surface area contributed by atoms with E-state index in [4.69, 9.17) is 9.73 Å². The molecular weight excluding hydrogens is 444 g/mol. The zero-order valence-corrected chi connectivity index (χ0v) is 22.5. The summed E-state index contributed by atoms with van der Waals surface area (Å²) in [5, 5.41) is 0. The minimum atomic E-state index is -0.0963. The molecule has 2 aromatic carbocycles. The molecule has 3 rings (SSSR count). The van der Waals surface area contributed by atoms with Crippen LogP contribution in [0.15, 0.2) is 89.2 Å². The SMILES string of the molecule is C=C1C(CCCC(=O)OC(CC)CCCC)=C(CC)N=C(C)N1C(c1ccccc1)c1ccccc1. The van der Waals surface area contributed by atoms with Crippen LogP contribution < -0.4 is 0 Å². The van der Waals surface area contributed by atoms with Crippen molar-refractivity contribution in [1.82, 2.24) is 4.90 Å². The van der Waals surface area contributed by atoms with Crippen LogP contribution in [0.2, 0.25) is 0 Å². The molecule has 36 heavy (non-hydrogen) atoms. The lowest BCUT2D eigenvalue weighted by atomic mass is 9.92. The summed E-state index contributed by atoms with van der Waals surface area (Å²) in [6.45, 7) is 13.0. The minimum Gasteiger partial charge on any atom is -0.462 e. The van der Waals surface area contributed by atoms with Gasteiger partial charge in [0.25, 0.3) is 0 Å². The first-order valence-electron chi connectivity index (χ1n) is 13.5. The fraction of sp³-hybridized carbons (Fsp3) is 0.438. The molecule has 0 N–H and O–H groups in total. The summed E-state index contributed by atoms with van der Waals surface area (Å²) in [6, 6.07) is 21.0. The van der Waals surface area contributed by atoms with E-state index >= 15 is 0 Å². The van der Waals surface area contributed by atoms with E-state index in [0.717, 1.165) is 67.7 Å². The van der Waals surface area contributed by atoms with Crippen LogP contribution in [0, 0.1) is 0 Å². The fourth-order valence-electron chi connectivity index (χ4n) is 4.94. The molecule has 4 nitrogen and oxygen atoms in total. The Balaban J connectivity index is 1.79. The summed E-state index contributed by atoms with van der Waals surface area (Å²) in [5.74, 6) is 0.848. The topological polar surface area (TPSA) is 41.9 Å². The Hall–Kier alpha value is -3.14. The van der Waals surface area contributed by atoms with Crippen LogP contribution in [0.25, 0.3) is 0 Å². The Kier molecular flexibility index (Phi) is 10.5. The summed E-state index contributed by atoms with van der Waals surface area (Å²) < 4.78 is 5.75. The first kappa shape index (κ1) is 27.4. The van der Waals surface area contributed by atoms with E-state index in [1.165, 1.54) is 11.1 Å². The number of unbranched alkanes of at least 4 members (excludes halogenated alkanes) is 1. The Morgan fingerprint density at radius 3 is 2.11 bits per heavy atom. The van der Waals surface area contributed by atoms with Crippen molar-refractivity contribution in [3.05, 3.63) is 95.3 Å². The number of nitrogens with zero attached hydrogens (tertiary/aromatic N) is 2. The summed E-state index contributed by atoms with van der Waals surface area (Å²) in [7, 11) is 0. The number of ether oxygens (including phenoxy) is 1. The molecule has 0 bridgehead atoms. The number of hydrogen-bond acceptors (Lipinski definition) is 4. The number of carbonyl (C=O) groups is 1. The first-order chi connectivity index (χ1) is 17.5. The maximum absolute atomic E-state index is 12.5. The van der Waals surface area contributed by atoms with Gasteiger partial charge >= 0.3 is 5.97 Å². The van der Waals surface area contributed by atoms with Crippen molar-refractivity contribution in [3.63, 3.8) is 0 Å². The molecule has 0 radical (unpaired) electrons. The molecule has 1 aliphatic heterocycles. The molecule has 4 heteroatoms. The van der Waals surface area contributed by atoms with Gasteiger partial charge in [0, 0.05) is 17.8 Å². The molecule has 1 heterocycles. The van der Waals surface area contributed by atoms with Gasteiger partial charge < -0.3 is 9.64 Å². The average molecular weight is 487 g/mol. The summed E-state index contributed by atoms with van der Waals surface area (Å²) in [6.07, 6.45) is 6.80. The van der Waals surface area contributed by atoms with E-state index < -0.39 is 0 Å². The number of hydrogen-bond donors (Lipinski definition) is 0. The van der Waals surface area contributed by atoms with Gasteiger partial charge in [0.15, 0.2) is 0 Å². The zero-order chi connectivity index (χ0) is 25.9. The highest BCUT2D eigenvalue weighted by molar-refractivity contribution is 5.86. The quantitative estimate of drug-likeness (QED) is 0.267. The van der Waals surface area contributed by atoms with Crippen LogP contribution in [-0.2, 0) is 9.53 Å². The van der Waals surface area contributed by atoms with Gasteiger partial charge in [-0.15, -0.1) is 0 Å². The van der Waals surface area contributed by atoms with Crippen molar-refractivity contribution < 1.29 is 9.53 Å². The summed E-state index contributed by atoms with van der Waals surface area (Å²) in [4.78, 5) is 19.8. The fourth-order valence-corrected chi connectivity index (χ4v) is 4.94. The van der Waals surface area contributed by atoms with E-state index in [2.05, 4.69) is 87.7 Å². The minimum absolute atomic E-state index is 0.0223. The standard InChI is InChI=1S/C32H42N2O2/c1-6-9-21-28(7-2)36-31(35)23-16-22-29-24(4)34(25(5)33-30(29)8-3)32(26-17-12-10-13-18-26)27-19-14-11-15-20-27/h10-15,17-20,28,32H,4,6-9,16,21-23H2,1-3,5H3. The zero-order valence-electron chi connectivity index (χ0n) is 22.5. The Labute approximate surface area is 217 Å². The monoisotopic (exact) mass is 486 g/mol. The second-order valence-corrected chi connectivity index (χ2v) is 9.49. The molecule has 192 valence electrons. The highest BCUT2D eigenvalue weighted by Crippen LogP contribution is 2.39. The molecule has 0 amide bonds.